The Bertz CT molecular complexity index is 571. The fourth-order valence-electron chi connectivity index (χ4n) is 3.30. The molecule has 2 nitrogen and oxygen atoms in total. The quantitative estimate of drug-likeness (QED) is 0.843. The molecule has 3 rings (SSSR count). The van der Waals surface area contributed by atoms with E-state index in [0.717, 1.165) is 29.0 Å². The summed E-state index contributed by atoms with van der Waals surface area (Å²) in [5.41, 5.74) is 1.96. The molecule has 1 heterocycles. The van der Waals surface area contributed by atoms with Crippen molar-refractivity contribution in [1.29, 1.82) is 0 Å². The molecule has 1 aromatic heterocycles. The minimum absolute atomic E-state index is 0.523. The van der Waals surface area contributed by atoms with E-state index in [-0.39, 0.29) is 0 Å². The van der Waals surface area contributed by atoms with E-state index in [9.17, 15) is 0 Å². The maximum Gasteiger partial charge on any atom is 0.199 e. The fraction of sp³-hybridized carbons (Fsp3) is 0.529. The molecular formula is C17H22ClNO. The molecule has 20 heavy (non-hydrogen) atoms. The molecule has 1 fully saturated rings. The van der Waals surface area contributed by atoms with Gasteiger partial charge in [0.2, 0.25) is 0 Å². The van der Waals surface area contributed by atoms with E-state index in [1.165, 1.54) is 32.1 Å². The van der Waals surface area contributed by atoms with Crippen molar-refractivity contribution in [3.05, 3.63) is 35.0 Å². The standard InChI is InChI=1S/C17H22ClNO/c1-12(13-7-3-2-4-8-13)19-11-15-14-9-5-6-10-16(14)20-17(15)18/h5-6,9-10,12-13,19H,2-4,7-8,11H2,1H3/t12-/m0/s1. The molecule has 0 bridgehead atoms. The lowest BCUT2D eigenvalue weighted by Crippen LogP contribution is -2.34. The minimum atomic E-state index is 0.523. The van der Waals surface area contributed by atoms with E-state index < -0.39 is 0 Å². The number of hydrogen-bond acceptors (Lipinski definition) is 2. The van der Waals surface area contributed by atoms with Gasteiger partial charge in [0.05, 0.1) is 0 Å². The molecule has 1 atom stereocenters. The Balaban J connectivity index is 1.68. The first-order valence-corrected chi connectivity index (χ1v) is 8.03. The van der Waals surface area contributed by atoms with Gasteiger partial charge in [-0.2, -0.15) is 0 Å². The van der Waals surface area contributed by atoms with Gasteiger partial charge < -0.3 is 9.73 Å². The lowest BCUT2D eigenvalue weighted by atomic mass is 9.84. The summed E-state index contributed by atoms with van der Waals surface area (Å²) in [6, 6.07) is 8.59. The molecule has 0 radical (unpaired) electrons. The van der Waals surface area contributed by atoms with Crippen LogP contribution in [0.3, 0.4) is 0 Å². The van der Waals surface area contributed by atoms with Gasteiger partial charge in [-0.15, -0.1) is 0 Å². The number of rotatable bonds is 4. The summed E-state index contributed by atoms with van der Waals surface area (Å²) in [4.78, 5) is 0. The highest BCUT2D eigenvalue weighted by Crippen LogP contribution is 2.30. The van der Waals surface area contributed by atoms with Crippen molar-refractivity contribution in [3.8, 4) is 0 Å². The van der Waals surface area contributed by atoms with Crippen molar-refractivity contribution < 1.29 is 4.42 Å². The van der Waals surface area contributed by atoms with Crippen LogP contribution >= 0.6 is 11.6 Å². The van der Waals surface area contributed by atoms with E-state index in [4.69, 9.17) is 16.0 Å². The summed E-state index contributed by atoms with van der Waals surface area (Å²) >= 11 is 6.23. The average molecular weight is 292 g/mol. The van der Waals surface area contributed by atoms with E-state index in [1.807, 2.05) is 18.2 Å². The molecule has 0 spiro atoms. The highest BCUT2D eigenvalue weighted by atomic mass is 35.5. The number of halogens is 1. The van der Waals surface area contributed by atoms with Gasteiger partial charge in [0.1, 0.15) is 5.58 Å². The number of nitrogens with one attached hydrogen (secondary N) is 1. The zero-order chi connectivity index (χ0) is 13.9. The van der Waals surface area contributed by atoms with Crippen LogP contribution in [0.1, 0.15) is 44.6 Å². The molecule has 1 N–H and O–H groups in total. The fourth-order valence-corrected chi connectivity index (χ4v) is 3.55. The third kappa shape index (κ3) is 2.87. The third-order valence-corrected chi connectivity index (χ3v) is 4.91. The van der Waals surface area contributed by atoms with Crippen molar-refractivity contribution in [3.63, 3.8) is 0 Å². The smallest absolute Gasteiger partial charge is 0.199 e. The molecule has 1 saturated carbocycles. The molecule has 1 aromatic carbocycles. The summed E-state index contributed by atoms with van der Waals surface area (Å²) in [7, 11) is 0. The second-order valence-electron chi connectivity index (χ2n) is 5.92. The topological polar surface area (TPSA) is 25.2 Å². The van der Waals surface area contributed by atoms with E-state index >= 15 is 0 Å². The van der Waals surface area contributed by atoms with Crippen molar-refractivity contribution in [2.75, 3.05) is 0 Å². The third-order valence-electron chi connectivity index (χ3n) is 4.61. The second-order valence-corrected chi connectivity index (χ2v) is 6.26. The van der Waals surface area contributed by atoms with Crippen LogP contribution in [-0.4, -0.2) is 6.04 Å². The number of hydrogen-bond donors (Lipinski definition) is 1. The monoisotopic (exact) mass is 291 g/mol. The Hall–Kier alpha value is -0.990. The molecule has 1 aliphatic rings. The number of furan rings is 1. The van der Waals surface area contributed by atoms with Crippen molar-refractivity contribution in [2.45, 2.75) is 51.6 Å². The largest absolute Gasteiger partial charge is 0.444 e. The average Bonchev–Trinajstić information content (AvgIpc) is 2.81. The predicted octanol–water partition coefficient (Wildman–Crippen LogP) is 5.14. The molecule has 0 saturated heterocycles. The highest BCUT2D eigenvalue weighted by Gasteiger charge is 2.20. The van der Waals surface area contributed by atoms with Crippen LogP contribution < -0.4 is 5.32 Å². The first-order valence-electron chi connectivity index (χ1n) is 7.65. The predicted molar refractivity (Wildman–Crippen MR) is 84.1 cm³/mol. The zero-order valence-corrected chi connectivity index (χ0v) is 12.7. The van der Waals surface area contributed by atoms with E-state index in [2.05, 4.69) is 18.3 Å². The summed E-state index contributed by atoms with van der Waals surface area (Å²) in [5, 5.41) is 5.29. The van der Waals surface area contributed by atoms with Gasteiger partial charge in [0.15, 0.2) is 5.22 Å². The number of benzene rings is 1. The Morgan fingerprint density at radius 3 is 2.80 bits per heavy atom. The highest BCUT2D eigenvalue weighted by molar-refractivity contribution is 6.30. The molecule has 0 unspecified atom stereocenters. The Morgan fingerprint density at radius 2 is 2.00 bits per heavy atom. The Morgan fingerprint density at radius 1 is 1.25 bits per heavy atom. The second kappa shape index (κ2) is 6.19. The van der Waals surface area contributed by atoms with Gasteiger partial charge in [-0.1, -0.05) is 37.5 Å². The van der Waals surface area contributed by atoms with Crippen LogP contribution in [0.15, 0.2) is 28.7 Å². The molecule has 3 heteroatoms. The molecule has 2 aromatic rings. The lowest BCUT2D eigenvalue weighted by molar-refractivity contribution is 0.280. The van der Waals surface area contributed by atoms with E-state index in [0.29, 0.717) is 11.3 Å². The van der Waals surface area contributed by atoms with Gasteiger partial charge in [-0.25, -0.2) is 0 Å². The van der Waals surface area contributed by atoms with Crippen molar-refractivity contribution in [2.24, 2.45) is 5.92 Å². The Kier molecular flexibility index (Phi) is 4.32. The molecule has 108 valence electrons. The zero-order valence-electron chi connectivity index (χ0n) is 12.0. The van der Waals surface area contributed by atoms with Gasteiger partial charge in [0, 0.05) is 23.5 Å². The van der Waals surface area contributed by atoms with Crippen LogP contribution in [0.25, 0.3) is 11.0 Å². The first kappa shape index (κ1) is 14.0. The Labute approximate surface area is 125 Å². The van der Waals surface area contributed by atoms with Gasteiger partial charge in [0.25, 0.3) is 0 Å². The molecular weight excluding hydrogens is 270 g/mol. The minimum Gasteiger partial charge on any atom is -0.444 e. The first-order chi connectivity index (χ1) is 9.75. The van der Waals surface area contributed by atoms with Gasteiger partial charge in [-0.3, -0.25) is 0 Å². The summed E-state index contributed by atoms with van der Waals surface area (Å²) in [6.45, 7) is 3.08. The van der Waals surface area contributed by atoms with Crippen LogP contribution in [0.2, 0.25) is 5.22 Å². The molecule has 0 amide bonds. The SMILES string of the molecule is C[C@H](NCc1c(Cl)oc2ccccc12)C1CCCCC1. The normalized spacial score (nSPS) is 18.5. The van der Waals surface area contributed by atoms with Gasteiger partial charge >= 0.3 is 0 Å². The van der Waals surface area contributed by atoms with Gasteiger partial charge in [-0.05, 0) is 43.4 Å². The molecule has 1 aliphatic carbocycles. The summed E-state index contributed by atoms with van der Waals surface area (Å²) in [6.07, 6.45) is 6.88. The maximum absolute atomic E-state index is 6.23. The lowest BCUT2D eigenvalue weighted by Gasteiger charge is -2.28. The van der Waals surface area contributed by atoms with E-state index in [1.54, 1.807) is 0 Å². The number of fused-ring (bicyclic) bond motifs is 1. The van der Waals surface area contributed by atoms with Crippen molar-refractivity contribution >= 4 is 22.6 Å². The number of para-hydroxylation sites is 1. The van der Waals surface area contributed by atoms with Crippen molar-refractivity contribution in [1.82, 2.24) is 5.32 Å². The van der Waals surface area contributed by atoms with Crippen LogP contribution in [0.4, 0.5) is 0 Å². The maximum atomic E-state index is 6.23. The summed E-state index contributed by atoms with van der Waals surface area (Å²) < 4.78 is 5.60. The van der Waals surface area contributed by atoms with Crippen LogP contribution in [0, 0.1) is 5.92 Å². The molecule has 0 aliphatic heterocycles. The van der Waals surface area contributed by atoms with Crippen LogP contribution in [0.5, 0.6) is 0 Å². The van der Waals surface area contributed by atoms with Crippen LogP contribution in [-0.2, 0) is 6.54 Å². The summed E-state index contributed by atoms with van der Waals surface area (Å²) in [5.74, 6) is 0.806.